The molecule has 0 nitrogen and oxygen atoms in total. The third-order valence-corrected chi connectivity index (χ3v) is 18.7. The largest absolute Gasteiger partial charge is 0.176 e. The summed E-state index contributed by atoms with van der Waals surface area (Å²) in [5, 5.41) is 5.64. The average Bonchev–Trinajstić information content (AvgIpc) is 3.40. The third kappa shape index (κ3) is 11.5. The summed E-state index contributed by atoms with van der Waals surface area (Å²) in [5.74, 6) is 10.5. The molecule has 0 heterocycles. The maximum absolute atomic E-state index is 3.51. The van der Waals surface area contributed by atoms with Crippen LogP contribution in [0.2, 0.25) is 0 Å². The standard InChI is InChI=1S/C25H21P2.2C10H20.2Ir/c1-5-13-22(14-6-1)26(23-15-7-2-8-16-23)21-27(24-17-9-3-10-18-24)25-19-11-4-12-20-25;2*1-6-7(2)9(4)10(5)8(6)3;;/h1-19H,21H2;2*6-10H,1-5H3;;/q-1;;;;. The maximum atomic E-state index is 3.51. The van der Waals surface area contributed by atoms with Gasteiger partial charge in [0.15, 0.2) is 0 Å². The van der Waals surface area contributed by atoms with Gasteiger partial charge in [-0.15, -0.1) is 5.30 Å². The van der Waals surface area contributed by atoms with Crippen LogP contribution in [0.1, 0.15) is 69.2 Å². The molecule has 2 aliphatic rings. The van der Waals surface area contributed by atoms with E-state index in [2.05, 4.69) is 184 Å². The minimum atomic E-state index is -0.464. The first-order chi connectivity index (χ1) is 22.5. The zero-order chi connectivity index (χ0) is 34.1. The molecule has 0 spiro atoms. The van der Waals surface area contributed by atoms with Crippen molar-refractivity contribution in [3.8, 4) is 0 Å². The Bertz CT molecular complexity index is 1150. The summed E-state index contributed by atoms with van der Waals surface area (Å²) in [6.45, 7) is 24.0. The molecule has 0 aliphatic heterocycles. The molecule has 2 saturated carbocycles. The van der Waals surface area contributed by atoms with Gasteiger partial charge in [-0.2, -0.15) is 30.3 Å². The third-order valence-electron chi connectivity index (χ3n) is 12.8. The predicted octanol–water partition coefficient (Wildman–Crippen LogP) is 11.4. The van der Waals surface area contributed by atoms with E-state index in [1.165, 1.54) is 21.2 Å². The van der Waals surface area contributed by atoms with Gasteiger partial charge in [-0.3, -0.25) is 0 Å². The van der Waals surface area contributed by atoms with Gasteiger partial charge in [-0.05, 0) is 83.0 Å². The molecule has 0 bridgehead atoms. The van der Waals surface area contributed by atoms with Gasteiger partial charge in [0.2, 0.25) is 0 Å². The van der Waals surface area contributed by atoms with Crippen LogP contribution in [0.25, 0.3) is 0 Å². The summed E-state index contributed by atoms with van der Waals surface area (Å²) in [4.78, 5) is 0. The fourth-order valence-electron chi connectivity index (χ4n) is 7.91. The molecular weight excluding hydrogens is 987 g/mol. The zero-order valence-corrected chi connectivity index (χ0v) is 38.1. The van der Waals surface area contributed by atoms with Crippen LogP contribution in [0.3, 0.4) is 0 Å². The molecule has 1 atom stereocenters. The smallest absolute Gasteiger partial charge is 0.00217 e. The van der Waals surface area contributed by atoms with Crippen molar-refractivity contribution in [1.82, 2.24) is 0 Å². The van der Waals surface area contributed by atoms with Crippen molar-refractivity contribution in [2.75, 3.05) is 5.90 Å². The summed E-state index contributed by atoms with van der Waals surface area (Å²) >= 11 is 0. The normalized spacial score (nSPS) is 29.3. The van der Waals surface area contributed by atoms with Crippen LogP contribution in [0.5, 0.6) is 0 Å². The molecule has 2 fully saturated rings. The molecule has 0 aromatic heterocycles. The van der Waals surface area contributed by atoms with E-state index < -0.39 is 15.8 Å². The molecule has 0 N–H and O–H groups in total. The second kappa shape index (κ2) is 21.5. The van der Waals surface area contributed by atoms with Crippen LogP contribution >= 0.6 is 15.8 Å². The quantitative estimate of drug-likeness (QED) is 0.133. The Kier molecular flexibility index (Phi) is 19.4. The molecule has 4 aromatic carbocycles. The van der Waals surface area contributed by atoms with Crippen molar-refractivity contribution in [2.45, 2.75) is 69.2 Å². The van der Waals surface area contributed by atoms with Gasteiger partial charge in [0.1, 0.15) is 0 Å². The van der Waals surface area contributed by atoms with E-state index >= 15 is 0 Å². The van der Waals surface area contributed by atoms with Crippen molar-refractivity contribution in [1.29, 1.82) is 0 Å². The maximum Gasteiger partial charge on any atom is 0.00217 e. The van der Waals surface area contributed by atoms with E-state index in [4.69, 9.17) is 0 Å². The van der Waals surface area contributed by atoms with E-state index in [0.29, 0.717) is 0 Å². The first kappa shape index (κ1) is 44.2. The molecule has 0 saturated heterocycles. The van der Waals surface area contributed by atoms with Gasteiger partial charge in [0, 0.05) is 46.1 Å². The first-order valence-electron chi connectivity index (χ1n) is 18.2. The van der Waals surface area contributed by atoms with E-state index in [0.717, 1.165) is 65.1 Å². The fraction of sp³-hybridized carbons (Fsp3) is 0.467. The molecular formula is C45H61Ir2P2-. The summed E-state index contributed by atoms with van der Waals surface area (Å²) < 4.78 is 0. The van der Waals surface area contributed by atoms with E-state index in [1.54, 1.807) is 0 Å². The van der Waals surface area contributed by atoms with Crippen molar-refractivity contribution in [2.24, 2.45) is 59.2 Å². The Hall–Kier alpha value is -0.961. The Labute approximate surface area is 330 Å². The monoisotopic (exact) mass is 1050 g/mol. The molecule has 1 unspecified atom stereocenters. The number of hydrogen-bond acceptors (Lipinski definition) is 0. The Balaban J connectivity index is 0.000000313. The van der Waals surface area contributed by atoms with Crippen LogP contribution < -0.4 is 21.2 Å². The number of rotatable bonds is 6. The fourth-order valence-corrected chi connectivity index (χ4v) is 14.3. The molecule has 2 aliphatic carbocycles. The van der Waals surface area contributed by atoms with Crippen molar-refractivity contribution >= 4 is 37.1 Å². The second-order valence-corrected chi connectivity index (χ2v) is 19.7. The number of benzene rings is 4. The van der Waals surface area contributed by atoms with Crippen LogP contribution in [0.15, 0.2) is 115 Å². The van der Waals surface area contributed by atoms with Gasteiger partial charge in [-0.25, -0.2) is 0 Å². The Morgan fingerprint density at radius 2 is 0.633 bits per heavy atom. The van der Waals surface area contributed by atoms with Gasteiger partial charge < -0.3 is 0 Å². The van der Waals surface area contributed by atoms with Crippen molar-refractivity contribution in [3.05, 3.63) is 121 Å². The van der Waals surface area contributed by atoms with Crippen LogP contribution in [-0.2, 0) is 40.2 Å². The van der Waals surface area contributed by atoms with Gasteiger partial charge in [0.05, 0.1) is 0 Å². The molecule has 4 aromatic rings. The zero-order valence-electron chi connectivity index (χ0n) is 31.5. The average molecular weight is 1050 g/mol. The van der Waals surface area contributed by atoms with Gasteiger partial charge in [0.25, 0.3) is 0 Å². The first-order valence-corrected chi connectivity index (χ1v) is 21.2. The molecule has 49 heavy (non-hydrogen) atoms. The van der Waals surface area contributed by atoms with Crippen LogP contribution in [-0.4, -0.2) is 5.90 Å². The van der Waals surface area contributed by atoms with E-state index in [-0.39, 0.29) is 40.2 Å². The summed E-state index contributed by atoms with van der Waals surface area (Å²) in [6, 6.07) is 44.9. The topological polar surface area (TPSA) is 0 Å². The molecule has 6 rings (SSSR count). The van der Waals surface area contributed by atoms with Crippen LogP contribution in [0, 0.1) is 65.2 Å². The molecule has 0 amide bonds. The molecule has 2 radical (unpaired) electrons. The number of hydrogen-bond donors (Lipinski definition) is 0. The molecule has 4 heteroatoms. The second-order valence-electron chi connectivity index (χ2n) is 14.8. The molecule has 270 valence electrons. The predicted molar refractivity (Wildman–Crippen MR) is 213 cm³/mol. The summed E-state index contributed by atoms with van der Waals surface area (Å²) in [7, 11) is -0.893. The minimum absolute atomic E-state index is 0. The van der Waals surface area contributed by atoms with Gasteiger partial charge in [-0.1, -0.05) is 168 Å². The van der Waals surface area contributed by atoms with Gasteiger partial charge >= 0.3 is 0 Å². The summed E-state index contributed by atoms with van der Waals surface area (Å²) in [6.07, 6.45) is 0. The van der Waals surface area contributed by atoms with Crippen LogP contribution in [0.4, 0.5) is 0 Å². The van der Waals surface area contributed by atoms with Crippen molar-refractivity contribution in [3.63, 3.8) is 0 Å². The Morgan fingerprint density at radius 3 is 0.898 bits per heavy atom. The Morgan fingerprint density at radius 1 is 0.367 bits per heavy atom. The van der Waals surface area contributed by atoms with E-state index in [1.807, 2.05) is 6.07 Å². The minimum Gasteiger partial charge on any atom is -0.176 e. The van der Waals surface area contributed by atoms with E-state index in [9.17, 15) is 0 Å². The van der Waals surface area contributed by atoms with Crippen molar-refractivity contribution < 1.29 is 40.2 Å². The summed E-state index contributed by atoms with van der Waals surface area (Å²) in [5.41, 5.74) is 0. The SMILES string of the molecule is CC1C(C)C(C)C(C)C1C.CC1C(C)C(C)C(C)C1C.[Ir].[Ir].[c-]1ccccc1P(CP(c1ccccc1)c1ccccc1)c1ccccc1.